The van der Waals surface area contributed by atoms with E-state index in [4.69, 9.17) is 4.74 Å². The van der Waals surface area contributed by atoms with Gasteiger partial charge in [0, 0.05) is 0 Å². The second kappa shape index (κ2) is 6.01. The van der Waals surface area contributed by atoms with Crippen molar-refractivity contribution in [3.63, 3.8) is 0 Å². The maximum Gasteiger partial charge on any atom is 0.339 e. The summed E-state index contributed by atoms with van der Waals surface area (Å²) in [5.74, 6) is -0.704. The van der Waals surface area contributed by atoms with Gasteiger partial charge >= 0.3 is 5.97 Å². The second-order valence-corrected chi connectivity index (χ2v) is 5.36. The van der Waals surface area contributed by atoms with E-state index in [2.05, 4.69) is 0 Å². The summed E-state index contributed by atoms with van der Waals surface area (Å²) in [5.41, 5.74) is 1.51. The fraction of sp³-hybridized carbons (Fsp3) is 0.105. The first-order valence-electron chi connectivity index (χ1n) is 7.22. The number of rotatable bonds is 4. The lowest BCUT2D eigenvalue weighted by Crippen LogP contribution is -2.01. The molecule has 0 unspecified atom stereocenters. The van der Waals surface area contributed by atoms with Crippen LogP contribution in [0, 0.1) is 6.92 Å². The maximum absolute atomic E-state index is 11.3. The van der Waals surface area contributed by atoms with Crippen molar-refractivity contribution in [2.75, 3.05) is 0 Å². The molecule has 0 saturated carbocycles. The molecule has 0 saturated heterocycles. The van der Waals surface area contributed by atoms with Crippen molar-refractivity contribution in [1.29, 1.82) is 0 Å². The number of aromatic hydroxyl groups is 1. The van der Waals surface area contributed by atoms with Crippen LogP contribution < -0.4 is 4.74 Å². The summed E-state index contributed by atoms with van der Waals surface area (Å²) >= 11 is 0. The summed E-state index contributed by atoms with van der Waals surface area (Å²) < 4.78 is 5.78. The Hall–Kier alpha value is -3.01. The molecule has 0 amide bonds. The predicted octanol–water partition coefficient (Wildman–Crippen LogP) is 4.13. The Morgan fingerprint density at radius 3 is 2.52 bits per heavy atom. The highest BCUT2D eigenvalue weighted by atomic mass is 16.5. The molecule has 0 spiro atoms. The van der Waals surface area contributed by atoms with Crippen LogP contribution in [0.15, 0.2) is 54.6 Å². The molecule has 0 aromatic heterocycles. The first-order chi connectivity index (χ1) is 11.1. The van der Waals surface area contributed by atoms with Crippen molar-refractivity contribution in [2.45, 2.75) is 13.5 Å². The molecular weight excluding hydrogens is 292 g/mol. The lowest BCUT2D eigenvalue weighted by atomic mass is 9.99. The number of aryl methyl sites for hydroxylation is 1. The van der Waals surface area contributed by atoms with Crippen LogP contribution in [0.3, 0.4) is 0 Å². The number of benzene rings is 3. The molecule has 23 heavy (non-hydrogen) atoms. The molecule has 0 heterocycles. The van der Waals surface area contributed by atoms with Crippen molar-refractivity contribution in [3.05, 3.63) is 71.3 Å². The molecule has 0 aliphatic heterocycles. The third-order valence-electron chi connectivity index (χ3n) is 3.81. The van der Waals surface area contributed by atoms with Crippen LogP contribution in [-0.2, 0) is 6.61 Å². The van der Waals surface area contributed by atoms with Crippen LogP contribution in [0.1, 0.15) is 21.5 Å². The topological polar surface area (TPSA) is 66.8 Å². The zero-order valence-corrected chi connectivity index (χ0v) is 12.6. The van der Waals surface area contributed by atoms with E-state index in [-0.39, 0.29) is 11.3 Å². The number of carboxylic acids is 1. The molecular formula is C19H16O4. The molecule has 116 valence electrons. The van der Waals surface area contributed by atoms with Gasteiger partial charge in [-0.25, -0.2) is 4.79 Å². The number of hydrogen-bond acceptors (Lipinski definition) is 3. The van der Waals surface area contributed by atoms with Crippen molar-refractivity contribution >= 4 is 16.7 Å². The third-order valence-corrected chi connectivity index (χ3v) is 3.81. The Bertz CT molecular complexity index is 869. The largest absolute Gasteiger partial charge is 0.507 e. The zero-order valence-electron chi connectivity index (χ0n) is 12.6. The van der Waals surface area contributed by atoms with Gasteiger partial charge in [0.25, 0.3) is 0 Å². The summed E-state index contributed by atoms with van der Waals surface area (Å²) in [6, 6.07) is 16.7. The molecule has 0 aliphatic carbocycles. The fourth-order valence-corrected chi connectivity index (χ4v) is 2.63. The van der Waals surface area contributed by atoms with Crippen LogP contribution in [0.4, 0.5) is 0 Å². The average molecular weight is 308 g/mol. The van der Waals surface area contributed by atoms with Gasteiger partial charge in [0.05, 0.1) is 0 Å². The van der Waals surface area contributed by atoms with Gasteiger partial charge < -0.3 is 14.9 Å². The van der Waals surface area contributed by atoms with Crippen LogP contribution in [0.5, 0.6) is 11.5 Å². The molecule has 0 aliphatic rings. The van der Waals surface area contributed by atoms with E-state index in [1.807, 2.05) is 42.5 Å². The highest BCUT2D eigenvalue weighted by Crippen LogP contribution is 2.32. The van der Waals surface area contributed by atoms with E-state index in [1.165, 1.54) is 6.07 Å². The van der Waals surface area contributed by atoms with Gasteiger partial charge in [-0.3, -0.25) is 0 Å². The quantitative estimate of drug-likeness (QED) is 0.760. The van der Waals surface area contributed by atoms with E-state index < -0.39 is 5.97 Å². The lowest BCUT2D eigenvalue weighted by molar-refractivity contribution is 0.0693. The minimum absolute atomic E-state index is 0.0716. The Morgan fingerprint density at radius 2 is 1.83 bits per heavy atom. The van der Waals surface area contributed by atoms with Crippen LogP contribution in [-0.4, -0.2) is 16.2 Å². The predicted molar refractivity (Wildman–Crippen MR) is 88.1 cm³/mol. The average Bonchev–Trinajstić information content (AvgIpc) is 2.54. The maximum atomic E-state index is 11.3. The fourth-order valence-electron chi connectivity index (χ4n) is 2.63. The van der Waals surface area contributed by atoms with Crippen molar-refractivity contribution < 1.29 is 19.7 Å². The van der Waals surface area contributed by atoms with Gasteiger partial charge in [0.2, 0.25) is 0 Å². The molecule has 0 fully saturated rings. The normalized spacial score (nSPS) is 10.7. The van der Waals surface area contributed by atoms with E-state index in [0.717, 1.165) is 16.3 Å². The van der Waals surface area contributed by atoms with E-state index in [0.29, 0.717) is 17.9 Å². The van der Waals surface area contributed by atoms with E-state index in [9.17, 15) is 15.0 Å². The highest BCUT2D eigenvalue weighted by molar-refractivity contribution is 6.01. The molecule has 0 radical (unpaired) electrons. The monoisotopic (exact) mass is 308 g/mol. The SMILES string of the molecule is Cc1c(C(=O)O)c(O)cc2ccc(OCc3ccccc3)cc12. The second-order valence-electron chi connectivity index (χ2n) is 5.36. The molecule has 2 N–H and O–H groups in total. The summed E-state index contributed by atoms with van der Waals surface area (Å²) in [5, 5.41) is 20.6. The first-order valence-corrected chi connectivity index (χ1v) is 7.22. The number of ether oxygens (including phenoxy) is 1. The summed E-state index contributed by atoms with van der Waals surface area (Å²) in [4.78, 5) is 11.3. The minimum atomic E-state index is -1.14. The molecule has 4 nitrogen and oxygen atoms in total. The molecule has 0 bridgehead atoms. The summed E-state index contributed by atoms with van der Waals surface area (Å²) in [7, 11) is 0. The van der Waals surface area contributed by atoms with Gasteiger partial charge in [-0.1, -0.05) is 36.4 Å². The molecule has 3 rings (SSSR count). The molecule has 3 aromatic carbocycles. The number of phenols is 1. The van der Waals surface area contributed by atoms with Crippen LogP contribution in [0.2, 0.25) is 0 Å². The lowest BCUT2D eigenvalue weighted by Gasteiger charge is -2.11. The van der Waals surface area contributed by atoms with Gasteiger partial charge in [-0.05, 0) is 47.0 Å². The first kappa shape index (κ1) is 14.9. The molecule has 3 aromatic rings. The highest BCUT2D eigenvalue weighted by Gasteiger charge is 2.16. The Labute approximate surface area is 133 Å². The number of hydrogen-bond donors (Lipinski definition) is 2. The van der Waals surface area contributed by atoms with Crippen LogP contribution in [0.25, 0.3) is 10.8 Å². The molecule has 4 heteroatoms. The van der Waals surface area contributed by atoms with E-state index >= 15 is 0 Å². The summed E-state index contributed by atoms with van der Waals surface area (Å²) in [6.07, 6.45) is 0. The van der Waals surface area contributed by atoms with E-state index in [1.54, 1.807) is 13.0 Å². The van der Waals surface area contributed by atoms with Gasteiger partial charge in [0.15, 0.2) is 0 Å². The van der Waals surface area contributed by atoms with Crippen molar-refractivity contribution in [3.8, 4) is 11.5 Å². The number of carbonyl (C=O) groups is 1. The Balaban J connectivity index is 1.96. The van der Waals surface area contributed by atoms with Gasteiger partial charge in [-0.15, -0.1) is 0 Å². The van der Waals surface area contributed by atoms with Gasteiger partial charge in [-0.2, -0.15) is 0 Å². The molecule has 0 atom stereocenters. The number of carboxylic acid groups (broad SMARTS) is 1. The summed E-state index contributed by atoms with van der Waals surface area (Å²) in [6.45, 7) is 2.13. The number of fused-ring (bicyclic) bond motifs is 1. The van der Waals surface area contributed by atoms with Crippen molar-refractivity contribution in [2.24, 2.45) is 0 Å². The smallest absolute Gasteiger partial charge is 0.339 e. The zero-order chi connectivity index (χ0) is 16.4. The minimum Gasteiger partial charge on any atom is -0.507 e. The van der Waals surface area contributed by atoms with Crippen LogP contribution >= 0.6 is 0 Å². The van der Waals surface area contributed by atoms with Gasteiger partial charge in [0.1, 0.15) is 23.7 Å². The Morgan fingerprint density at radius 1 is 1.09 bits per heavy atom. The number of aromatic carboxylic acids is 1. The Kier molecular flexibility index (Phi) is 3.89. The standard InChI is InChI=1S/C19H16O4/c1-12-16-10-15(23-11-13-5-3-2-4-6-13)8-7-14(16)9-17(20)18(12)19(21)22/h2-10,20H,11H2,1H3,(H,21,22). The van der Waals surface area contributed by atoms with Crippen molar-refractivity contribution in [1.82, 2.24) is 0 Å². The third kappa shape index (κ3) is 2.97.